The maximum absolute atomic E-state index is 7.32. The molecule has 0 saturated carbocycles. The maximum Gasteiger partial charge on any atom is 0.206 e. The molecule has 1 aromatic heterocycles. The normalized spacial score (nSPS) is 17.8. The van der Waals surface area contributed by atoms with Gasteiger partial charge >= 0.3 is 0 Å². The van der Waals surface area contributed by atoms with Crippen LogP contribution in [-0.2, 0) is 6.42 Å². The zero-order valence-corrected chi connectivity index (χ0v) is 14.8. The molecular weight excluding hydrogens is 345 g/mol. The molecule has 126 valence electrons. The van der Waals surface area contributed by atoms with Gasteiger partial charge in [-0.1, -0.05) is 29.8 Å². The molecule has 7 heteroatoms. The molecule has 0 amide bonds. The largest absolute Gasteiger partial charge is 0.369 e. The van der Waals surface area contributed by atoms with Crippen molar-refractivity contribution in [1.29, 1.82) is 5.41 Å². The molecule has 4 N–H and O–H groups in total. The van der Waals surface area contributed by atoms with E-state index in [1.807, 2.05) is 43.5 Å². The standard InChI is InChI=1S/C17H18ClN5.ClH/c1-10-6-7-21-14-8-11(12-4-2-3-5-13(12)18)9-15(16(10)14)22-23-17(19)20;/h2-7,11H,8-9H2,1H3,(H4,19,20,23);1H. The second-order valence-corrected chi connectivity index (χ2v) is 6.07. The van der Waals surface area contributed by atoms with Gasteiger partial charge in [-0.25, -0.2) is 5.43 Å². The van der Waals surface area contributed by atoms with Gasteiger partial charge < -0.3 is 5.73 Å². The summed E-state index contributed by atoms with van der Waals surface area (Å²) in [6.45, 7) is 2.04. The summed E-state index contributed by atoms with van der Waals surface area (Å²) in [6.07, 6.45) is 3.36. The quantitative estimate of drug-likeness (QED) is 0.434. The summed E-state index contributed by atoms with van der Waals surface area (Å²) in [5, 5.41) is 12.4. The predicted molar refractivity (Wildman–Crippen MR) is 100 cm³/mol. The first kappa shape index (κ1) is 18.2. The summed E-state index contributed by atoms with van der Waals surface area (Å²) < 4.78 is 0. The smallest absolute Gasteiger partial charge is 0.206 e. The third-order valence-corrected chi connectivity index (χ3v) is 4.41. The minimum atomic E-state index is -0.180. The molecule has 1 aromatic carbocycles. The lowest BCUT2D eigenvalue weighted by molar-refractivity contribution is 0.675. The number of hydrogen-bond donors (Lipinski definition) is 3. The summed E-state index contributed by atoms with van der Waals surface area (Å²) in [5.74, 6) is 0.0264. The van der Waals surface area contributed by atoms with Crippen molar-refractivity contribution in [3.63, 3.8) is 0 Å². The number of halogens is 2. The number of guanidine groups is 1. The molecule has 0 fully saturated rings. The zero-order chi connectivity index (χ0) is 16.4. The van der Waals surface area contributed by atoms with Crippen LogP contribution in [0.5, 0.6) is 0 Å². The number of aryl methyl sites for hydroxylation is 1. The topological polar surface area (TPSA) is 87.2 Å². The molecule has 0 radical (unpaired) electrons. The fourth-order valence-corrected chi connectivity index (χ4v) is 3.35. The van der Waals surface area contributed by atoms with Crippen molar-refractivity contribution in [2.24, 2.45) is 10.8 Å². The Morgan fingerprint density at radius 2 is 2.08 bits per heavy atom. The number of hydrogen-bond acceptors (Lipinski definition) is 3. The van der Waals surface area contributed by atoms with E-state index in [-0.39, 0.29) is 24.3 Å². The first-order valence-corrected chi connectivity index (χ1v) is 7.80. The van der Waals surface area contributed by atoms with Crippen molar-refractivity contribution in [2.75, 3.05) is 0 Å². The fraction of sp³-hybridized carbons (Fsp3) is 0.235. The van der Waals surface area contributed by atoms with Gasteiger partial charge in [0.25, 0.3) is 0 Å². The van der Waals surface area contributed by atoms with Gasteiger partial charge in [0.2, 0.25) is 5.96 Å². The average Bonchev–Trinajstić information content (AvgIpc) is 2.53. The predicted octanol–water partition coefficient (Wildman–Crippen LogP) is 3.38. The van der Waals surface area contributed by atoms with Crippen LogP contribution in [0.1, 0.15) is 34.7 Å². The number of aromatic nitrogens is 1. The van der Waals surface area contributed by atoms with E-state index in [1.165, 1.54) is 0 Å². The SMILES string of the molecule is Cc1ccnc2c1C(=NNC(=N)N)CC(c1ccccc1Cl)C2.Cl. The Bertz CT molecular complexity index is 788. The lowest BCUT2D eigenvalue weighted by Crippen LogP contribution is -2.29. The molecule has 1 aliphatic rings. The Kier molecular flexibility index (Phi) is 5.80. The van der Waals surface area contributed by atoms with E-state index < -0.39 is 0 Å². The van der Waals surface area contributed by atoms with E-state index in [2.05, 4.69) is 15.5 Å². The Morgan fingerprint density at radius 3 is 2.79 bits per heavy atom. The van der Waals surface area contributed by atoms with Gasteiger partial charge in [0.15, 0.2) is 0 Å². The minimum absolute atomic E-state index is 0. The number of hydrazone groups is 1. The molecule has 1 aliphatic carbocycles. The molecule has 0 saturated heterocycles. The highest BCUT2D eigenvalue weighted by Crippen LogP contribution is 2.36. The van der Waals surface area contributed by atoms with E-state index in [9.17, 15) is 0 Å². The molecule has 2 aromatic rings. The molecular formula is C17H19Cl2N5. The number of nitrogens with two attached hydrogens (primary N) is 1. The van der Waals surface area contributed by atoms with Crippen molar-refractivity contribution in [2.45, 2.75) is 25.7 Å². The van der Waals surface area contributed by atoms with Crippen molar-refractivity contribution < 1.29 is 0 Å². The average molecular weight is 364 g/mol. The summed E-state index contributed by atoms with van der Waals surface area (Å²) in [5.41, 5.74) is 13.1. The van der Waals surface area contributed by atoms with Gasteiger partial charge in [0, 0.05) is 16.8 Å². The molecule has 1 atom stereocenters. The highest BCUT2D eigenvalue weighted by molar-refractivity contribution is 6.31. The second kappa shape index (κ2) is 7.64. The zero-order valence-electron chi connectivity index (χ0n) is 13.2. The van der Waals surface area contributed by atoms with Crippen LogP contribution in [0.3, 0.4) is 0 Å². The molecule has 1 heterocycles. The van der Waals surface area contributed by atoms with Gasteiger partial charge in [0.1, 0.15) is 0 Å². The van der Waals surface area contributed by atoms with Gasteiger partial charge in [-0.3, -0.25) is 10.4 Å². The second-order valence-electron chi connectivity index (χ2n) is 5.66. The minimum Gasteiger partial charge on any atom is -0.369 e. The highest BCUT2D eigenvalue weighted by atomic mass is 35.5. The highest BCUT2D eigenvalue weighted by Gasteiger charge is 2.28. The van der Waals surface area contributed by atoms with Crippen LogP contribution in [0, 0.1) is 12.3 Å². The first-order valence-electron chi connectivity index (χ1n) is 7.42. The van der Waals surface area contributed by atoms with E-state index in [1.54, 1.807) is 0 Å². The Labute approximate surface area is 152 Å². The van der Waals surface area contributed by atoms with Gasteiger partial charge in [-0.15, -0.1) is 12.4 Å². The van der Waals surface area contributed by atoms with Gasteiger partial charge in [-0.05, 0) is 48.9 Å². The van der Waals surface area contributed by atoms with E-state index in [0.29, 0.717) is 0 Å². The van der Waals surface area contributed by atoms with Crippen LogP contribution < -0.4 is 11.2 Å². The van der Waals surface area contributed by atoms with Crippen LogP contribution in [0.15, 0.2) is 41.6 Å². The number of pyridine rings is 1. The van der Waals surface area contributed by atoms with Crippen LogP contribution in [0.25, 0.3) is 0 Å². The summed E-state index contributed by atoms with van der Waals surface area (Å²) >= 11 is 6.36. The Balaban J connectivity index is 0.00000208. The third kappa shape index (κ3) is 3.68. The molecule has 24 heavy (non-hydrogen) atoms. The summed E-state index contributed by atoms with van der Waals surface area (Å²) in [7, 11) is 0. The molecule has 0 spiro atoms. The number of rotatable bonds is 2. The van der Waals surface area contributed by atoms with E-state index in [0.717, 1.165) is 46.0 Å². The van der Waals surface area contributed by atoms with Crippen LogP contribution in [0.2, 0.25) is 5.02 Å². The molecule has 0 bridgehead atoms. The maximum atomic E-state index is 7.32. The fourth-order valence-electron chi connectivity index (χ4n) is 3.06. The van der Waals surface area contributed by atoms with E-state index in [4.69, 9.17) is 22.7 Å². The summed E-state index contributed by atoms with van der Waals surface area (Å²) in [6, 6.07) is 9.84. The van der Waals surface area contributed by atoms with Gasteiger partial charge in [-0.2, -0.15) is 5.10 Å². The van der Waals surface area contributed by atoms with Crippen molar-refractivity contribution in [1.82, 2.24) is 10.4 Å². The summed E-state index contributed by atoms with van der Waals surface area (Å²) in [4.78, 5) is 4.53. The Morgan fingerprint density at radius 1 is 1.33 bits per heavy atom. The van der Waals surface area contributed by atoms with Gasteiger partial charge in [0.05, 0.1) is 11.4 Å². The van der Waals surface area contributed by atoms with Crippen LogP contribution in [0.4, 0.5) is 0 Å². The third-order valence-electron chi connectivity index (χ3n) is 4.06. The molecule has 3 rings (SSSR count). The van der Waals surface area contributed by atoms with Crippen molar-refractivity contribution in [3.8, 4) is 0 Å². The monoisotopic (exact) mass is 363 g/mol. The van der Waals surface area contributed by atoms with Crippen molar-refractivity contribution in [3.05, 3.63) is 63.9 Å². The number of benzene rings is 1. The molecule has 5 nitrogen and oxygen atoms in total. The van der Waals surface area contributed by atoms with E-state index >= 15 is 0 Å². The number of fused-ring (bicyclic) bond motifs is 1. The Hall–Kier alpha value is -2.11. The van der Waals surface area contributed by atoms with Crippen LogP contribution >= 0.6 is 24.0 Å². The molecule has 1 unspecified atom stereocenters. The van der Waals surface area contributed by atoms with Crippen LogP contribution in [-0.4, -0.2) is 16.7 Å². The molecule has 0 aliphatic heterocycles. The number of nitrogens with one attached hydrogen (secondary N) is 2. The number of nitrogens with zero attached hydrogens (tertiary/aromatic N) is 2. The lowest BCUT2D eigenvalue weighted by Gasteiger charge is -2.27. The first-order chi connectivity index (χ1) is 11.1. The van der Waals surface area contributed by atoms with Crippen molar-refractivity contribution >= 4 is 35.7 Å². The lowest BCUT2D eigenvalue weighted by atomic mass is 9.80.